The fourth-order valence-corrected chi connectivity index (χ4v) is 6.55. The molecule has 0 spiro atoms. The van der Waals surface area contributed by atoms with Gasteiger partial charge in [-0.1, -0.05) is 18.2 Å². The van der Waals surface area contributed by atoms with Crippen LogP contribution >= 0.6 is 11.8 Å². The van der Waals surface area contributed by atoms with Crippen LogP contribution in [0.5, 0.6) is 0 Å². The Morgan fingerprint density at radius 2 is 1.58 bits per heavy atom. The number of benzene rings is 2. The summed E-state index contributed by atoms with van der Waals surface area (Å²) < 4.78 is 6.82. The van der Waals surface area contributed by atoms with E-state index < -0.39 is 17.6 Å². The molecule has 1 aliphatic carbocycles. The molecule has 0 saturated carbocycles. The van der Waals surface area contributed by atoms with E-state index in [1.165, 1.54) is 16.2 Å². The number of hydrogen-bond acceptors (Lipinski definition) is 6. The quantitative estimate of drug-likeness (QED) is 0.340. The topological polar surface area (TPSA) is 89.5 Å². The van der Waals surface area contributed by atoms with Crippen molar-refractivity contribution < 1.29 is 23.9 Å². The molecule has 0 aliphatic heterocycles. The van der Waals surface area contributed by atoms with Crippen molar-refractivity contribution in [1.29, 1.82) is 0 Å². The zero-order chi connectivity index (χ0) is 26.3. The second-order valence-corrected chi connectivity index (χ2v) is 13.0. The van der Waals surface area contributed by atoms with Gasteiger partial charge in [0, 0.05) is 0 Å². The number of fused-ring (bicyclic) bond motifs is 1. The van der Waals surface area contributed by atoms with Crippen LogP contribution in [0.1, 0.15) is 61.3 Å². The maximum absolute atomic E-state index is 12.9. The Labute approximate surface area is 222 Å². The predicted molar refractivity (Wildman–Crippen MR) is 144 cm³/mol. The van der Waals surface area contributed by atoms with Crippen molar-refractivity contribution in [3.05, 3.63) is 76.2 Å². The van der Waals surface area contributed by atoms with Crippen LogP contribution < -0.4 is 9.78 Å². The van der Waals surface area contributed by atoms with Crippen LogP contribution in [0.15, 0.2) is 65.1 Å². The van der Waals surface area contributed by atoms with E-state index >= 15 is 0 Å². The summed E-state index contributed by atoms with van der Waals surface area (Å²) >= 11 is 1.35. The molecule has 1 atom stereocenters. The summed E-state index contributed by atoms with van der Waals surface area (Å²) in [5.41, 5.74) is 0.740. The third kappa shape index (κ3) is 7.66. The van der Waals surface area contributed by atoms with E-state index in [2.05, 4.69) is 17.4 Å². The van der Waals surface area contributed by atoms with Crippen molar-refractivity contribution in [2.24, 2.45) is 0 Å². The molecule has 3 rings (SSSR count). The zero-order valence-electron chi connectivity index (χ0n) is 21.0. The van der Waals surface area contributed by atoms with E-state index in [-0.39, 0.29) is 44.6 Å². The van der Waals surface area contributed by atoms with Gasteiger partial charge < -0.3 is 0 Å². The third-order valence-electron chi connectivity index (χ3n) is 5.31. The number of carbonyl (C=O) groups excluding carboxylic acids is 4. The van der Waals surface area contributed by atoms with Crippen LogP contribution in [-0.4, -0.2) is 55.8 Å². The molecule has 0 saturated heterocycles. The molecule has 0 bridgehead atoms. The van der Waals surface area contributed by atoms with Crippen LogP contribution in [0.2, 0.25) is 5.32 Å². The monoisotopic (exact) mass is 573 g/mol. The first-order valence-electron chi connectivity index (χ1n) is 11.8. The van der Waals surface area contributed by atoms with Crippen LogP contribution in [0, 0.1) is 0 Å². The Bertz CT molecular complexity index is 1170. The number of hydrogen-bond donors (Lipinski definition) is 1. The molecule has 2 aromatic carbocycles. The van der Waals surface area contributed by atoms with E-state index in [1.54, 1.807) is 31.2 Å². The SMILES string of the molecule is CC1=C(SCCC(=O)OC(CC[Se]c2ccccc2)C(=O)NC(C)(C)C)C(=O)c2ccccc2C1=O. The van der Waals surface area contributed by atoms with Gasteiger partial charge in [0.25, 0.3) is 0 Å². The van der Waals surface area contributed by atoms with E-state index in [9.17, 15) is 19.2 Å². The van der Waals surface area contributed by atoms with Gasteiger partial charge >= 0.3 is 205 Å². The normalized spacial score (nSPS) is 14.3. The summed E-state index contributed by atoms with van der Waals surface area (Å²) in [7, 11) is 0. The fraction of sp³-hybridized carbons (Fsp3) is 0.357. The number of nitrogens with one attached hydrogen (secondary N) is 1. The van der Waals surface area contributed by atoms with Gasteiger partial charge in [-0.25, -0.2) is 0 Å². The van der Waals surface area contributed by atoms with Gasteiger partial charge in [0.15, 0.2) is 0 Å². The van der Waals surface area contributed by atoms with Crippen LogP contribution in [0.3, 0.4) is 0 Å². The first kappa shape index (κ1) is 27.9. The van der Waals surface area contributed by atoms with E-state index in [4.69, 9.17) is 4.74 Å². The second kappa shape index (κ2) is 12.5. The molecule has 0 aromatic heterocycles. The third-order valence-corrected chi connectivity index (χ3v) is 8.69. The minimum absolute atomic E-state index is 0.0215. The van der Waals surface area contributed by atoms with Crippen LogP contribution in [-0.2, 0) is 14.3 Å². The molecule has 8 heteroatoms. The number of ketones is 2. The second-order valence-electron chi connectivity index (χ2n) is 9.42. The number of esters is 1. The first-order chi connectivity index (χ1) is 17.1. The Balaban J connectivity index is 1.57. The van der Waals surface area contributed by atoms with Gasteiger partial charge in [-0.2, -0.15) is 0 Å². The van der Waals surface area contributed by atoms with Crippen molar-refractivity contribution >= 4 is 54.6 Å². The summed E-state index contributed by atoms with van der Waals surface area (Å²) in [6, 6.07) is 16.8. The van der Waals surface area contributed by atoms with Crippen molar-refractivity contribution in [1.82, 2.24) is 5.32 Å². The molecular formula is C28H31NO5SSe. The molecule has 0 heterocycles. The molecule has 1 aliphatic rings. The zero-order valence-corrected chi connectivity index (χ0v) is 23.5. The molecule has 1 N–H and O–H groups in total. The maximum atomic E-state index is 12.9. The molecule has 0 radical (unpaired) electrons. The van der Waals surface area contributed by atoms with Gasteiger partial charge in [0.05, 0.1) is 0 Å². The Hall–Kier alpha value is -2.67. The molecule has 2 aromatic rings. The molecule has 1 amide bonds. The molecule has 1 unspecified atom stereocenters. The number of allylic oxidation sites excluding steroid dienone is 2. The number of amides is 1. The number of carbonyl (C=O) groups is 4. The summed E-state index contributed by atoms with van der Waals surface area (Å²) in [4.78, 5) is 51.4. The Kier molecular flexibility index (Phi) is 9.71. The molecular weight excluding hydrogens is 541 g/mol. The van der Waals surface area contributed by atoms with E-state index in [0.29, 0.717) is 28.0 Å². The van der Waals surface area contributed by atoms with Crippen molar-refractivity contribution in [3.63, 3.8) is 0 Å². The van der Waals surface area contributed by atoms with E-state index in [1.807, 2.05) is 39.0 Å². The fourth-order valence-electron chi connectivity index (χ4n) is 3.60. The number of ether oxygens (including phenoxy) is 1. The molecule has 190 valence electrons. The summed E-state index contributed by atoms with van der Waals surface area (Å²) in [5, 5.41) is 3.66. The molecule has 6 nitrogen and oxygen atoms in total. The standard InChI is InChI=1S/C28H31NO5SSe/c1-18-24(31)20-12-8-9-13-21(20)25(32)26(18)35-16-14-23(30)34-22(27(33)29-28(2,3)4)15-17-36-19-10-6-5-7-11-19/h5-13,22H,14-17H2,1-4H3,(H,29,33). The summed E-state index contributed by atoms with van der Waals surface area (Å²) in [6.45, 7) is 7.28. The van der Waals surface area contributed by atoms with E-state index in [0.717, 1.165) is 5.32 Å². The number of rotatable bonds is 10. The van der Waals surface area contributed by atoms with Crippen molar-refractivity contribution in [2.75, 3.05) is 5.75 Å². The van der Waals surface area contributed by atoms with Gasteiger partial charge in [0.1, 0.15) is 0 Å². The average molecular weight is 573 g/mol. The van der Waals surface area contributed by atoms with Gasteiger partial charge in [-0.3, -0.25) is 0 Å². The van der Waals surface area contributed by atoms with Gasteiger partial charge in [-0.05, 0) is 0 Å². The van der Waals surface area contributed by atoms with Crippen LogP contribution in [0.4, 0.5) is 0 Å². The first-order valence-corrected chi connectivity index (χ1v) is 14.8. The number of thioether (sulfide) groups is 1. The number of Topliss-reactive ketones (excluding diaryl/α,β-unsaturated/α-hetero) is 2. The van der Waals surface area contributed by atoms with Gasteiger partial charge in [0.2, 0.25) is 0 Å². The molecule has 0 fully saturated rings. The Morgan fingerprint density at radius 1 is 0.972 bits per heavy atom. The van der Waals surface area contributed by atoms with Gasteiger partial charge in [-0.15, -0.1) is 0 Å². The van der Waals surface area contributed by atoms with Crippen molar-refractivity contribution in [2.45, 2.75) is 57.5 Å². The Morgan fingerprint density at radius 3 is 2.22 bits per heavy atom. The average Bonchev–Trinajstić information content (AvgIpc) is 2.83. The minimum atomic E-state index is -0.877. The van der Waals surface area contributed by atoms with Crippen LogP contribution in [0.25, 0.3) is 0 Å². The van der Waals surface area contributed by atoms with Crippen molar-refractivity contribution in [3.8, 4) is 0 Å². The summed E-state index contributed by atoms with van der Waals surface area (Å²) in [6.07, 6.45) is -0.421. The summed E-state index contributed by atoms with van der Waals surface area (Å²) in [5.74, 6) is -0.914. The molecule has 36 heavy (non-hydrogen) atoms. The predicted octanol–water partition coefficient (Wildman–Crippen LogP) is 4.13.